The molecule has 54 valence electrons. The summed E-state index contributed by atoms with van der Waals surface area (Å²) in [5, 5.41) is 0. The molecule has 9 heavy (non-hydrogen) atoms. The lowest BCUT2D eigenvalue weighted by Crippen LogP contribution is -2.06. The first-order valence-corrected chi connectivity index (χ1v) is 3.40. The fraction of sp³-hybridized carbons (Fsp3) is 0.500. The molecule has 0 saturated heterocycles. The number of rotatable bonds is 3. The molecule has 0 heterocycles. The summed E-state index contributed by atoms with van der Waals surface area (Å²) >= 11 is 0. The topological polar surface area (TPSA) is 69.7 Å². The van der Waals surface area contributed by atoms with Crippen molar-refractivity contribution in [2.24, 2.45) is 0 Å². The van der Waals surface area contributed by atoms with Crippen LogP contribution in [0, 0.1) is 0 Å². The van der Waals surface area contributed by atoms with Gasteiger partial charge in [0.1, 0.15) is 0 Å². The second-order valence-corrected chi connectivity index (χ2v) is 1.93. The monoisotopic (exact) mass is 172 g/mol. The standard InChI is InChI=1S/C2H5O5PS/c3-2(7-8)1-6-9(4)5/h9H,1,8H2. The van der Waals surface area contributed by atoms with Crippen molar-refractivity contribution in [2.45, 2.75) is 0 Å². The van der Waals surface area contributed by atoms with Crippen molar-refractivity contribution < 1.29 is 21.9 Å². The Morgan fingerprint density at radius 2 is 2.11 bits per heavy atom. The summed E-state index contributed by atoms with van der Waals surface area (Å²) in [5.74, 6) is -0.751. The van der Waals surface area contributed by atoms with Crippen molar-refractivity contribution in [3.8, 4) is 0 Å². The molecule has 0 aromatic carbocycles. The number of hydrogen-bond acceptors (Lipinski definition) is 5. The Balaban J connectivity index is 3.39. The SMILES string of the molecule is O=C(CO[SH](=O)=O)OP. The van der Waals surface area contributed by atoms with Gasteiger partial charge in [-0.15, -0.1) is 0 Å². The normalized spacial score (nSPS) is 9.56. The zero-order chi connectivity index (χ0) is 7.28. The van der Waals surface area contributed by atoms with Crippen LogP contribution in [0.3, 0.4) is 0 Å². The Bertz CT molecular complexity index is 154. The molecule has 0 aromatic heterocycles. The second kappa shape index (κ2) is 4.67. The molecule has 5 nitrogen and oxygen atoms in total. The fourth-order valence-electron chi connectivity index (χ4n) is 0.139. The zero-order valence-electron chi connectivity index (χ0n) is 4.27. The molecule has 1 atom stereocenters. The molecule has 0 spiro atoms. The van der Waals surface area contributed by atoms with E-state index in [1.807, 2.05) is 0 Å². The maximum absolute atomic E-state index is 10.1. The summed E-state index contributed by atoms with van der Waals surface area (Å²) in [7, 11) is -1.27. The number of hydrogen-bond donors (Lipinski definition) is 1. The van der Waals surface area contributed by atoms with E-state index in [4.69, 9.17) is 0 Å². The molecule has 0 aliphatic rings. The lowest BCUT2D eigenvalue weighted by molar-refractivity contribution is -0.135. The number of carbonyl (C=O) groups excluding carboxylic acids is 1. The third kappa shape index (κ3) is 5.68. The molecule has 0 radical (unpaired) electrons. The van der Waals surface area contributed by atoms with Gasteiger partial charge in [0.15, 0.2) is 6.61 Å². The lowest BCUT2D eigenvalue weighted by Gasteiger charge is -1.91. The van der Waals surface area contributed by atoms with Gasteiger partial charge in [-0.3, -0.25) is 4.18 Å². The van der Waals surface area contributed by atoms with Crippen molar-refractivity contribution in [3.63, 3.8) is 0 Å². The summed E-state index contributed by atoms with van der Waals surface area (Å²) in [4.78, 5) is 10.1. The molecule has 0 aromatic rings. The lowest BCUT2D eigenvalue weighted by atomic mass is 10.8. The zero-order valence-corrected chi connectivity index (χ0v) is 6.32. The Morgan fingerprint density at radius 1 is 1.56 bits per heavy atom. The highest BCUT2D eigenvalue weighted by atomic mass is 32.2. The van der Waals surface area contributed by atoms with Gasteiger partial charge in [0, 0.05) is 0 Å². The molecule has 0 aliphatic heterocycles. The van der Waals surface area contributed by atoms with Gasteiger partial charge in [-0.1, -0.05) is 0 Å². The van der Waals surface area contributed by atoms with E-state index in [2.05, 4.69) is 8.71 Å². The highest BCUT2D eigenvalue weighted by Crippen LogP contribution is 1.86. The highest BCUT2D eigenvalue weighted by Gasteiger charge is 1.98. The summed E-state index contributed by atoms with van der Waals surface area (Å²) < 4.78 is 27.1. The first kappa shape index (κ1) is 8.81. The van der Waals surface area contributed by atoms with Gasteiger partial charge in [-0.2, -0.15) is 0 Å². The van der Waals surface area contributed by atoms with Crippen molar-refractivity contribution in [1.82, 2.24) is 0 Å². The first-order valence-electron chi connectivity index (χ1n) is 1.83. The molecule has 0 amide bonds. The molecule has 0 aliphatic carbocycles. The second-order valence-electron chi connectivity index (χ2n) is 0.987. The predicted octanol–water partition coefficient (Wildman–Crippen LogP) is -1.14. The van der Waals surface area contributed by atoms with Gasteiger partial charge in [-0.05, 0) is 0 Å². The van der Waals surface area contributed by atoms with Crippen LogP contribution in [-0.4, -0.2) is 21.0 Å². The Kier molecular flexibility index (Phi) is 4.57. The van der Waals surface area contributed by atoms with E-state index in [0.717, 1.165) is 0 Å². The minimum Gasteiger partial charge on any atom is -0.450 e. The summed E-state index contributed by atoms with van der Waals surface area (Å²) in [6, 6.07) is 0. The Hall–Kier alpha value is -0.190. The van der Waals surface area contributed by atoms with Crippen LogP contribution >= 0.6 is 9.47 Å². The van der Waals surface area contributed by atoms with E-state index >= 15 is 0 Å². The molecule has 0 rings (SSSR count). The van der Waals surface area contributed by atoms with E-state index in [1.165, 1.54) is 0 Å². The average molecular weight is 172 g/mol. The molecule has 0 N–H and O–H groups in total. The van der Waals surface area contributed by atoms with Crippen molar-refractivity contribution in [1.29, 1.82) is 0 Å². The van der Waals surface area contributed by atoms with E-state index in [0.29, 0.717) is 0 Å². The van der Waals surface area contributed by atoms with Crippen LogP contribution in [0.4, 0.5) is 0 Å². The highest BCUT2D eigenvalue weighted by molar-refractivity contribution is 7.67. The van der Waals surface area contributed by atoms with E-state index < -0.39 is 23.6 Å². The maximum Gasteiger partial charge on any atom is 0.335 e. The third-order valence-electron chi connectivity index (χ3n) is 0.419. The quantitative estimate of drug-likeness (QED) is 0.430. The summed E-state index contributed by atoms with van der Waals surface area (Å²) in [6.45, 7) is -0.567. The molecular weight excluding hydrogens is 167 g/mol. The van der Waals surface area contributed by atoms with Crippen molar-refractivity contribution in [3.05, 3.63) is 0 Å². The van der Waals surface area contributed by atoms with Crippen molar-refractivity contribution in [2.75, 3.05) is 6.61 Å². The molecule has 0 saturated carbocycles. The third-order valence-corrected chi connectivity index (χ3v) is 1.02. The predicted molar refractivity (Wildman–Crippen MR) is 32.1 cm³/mol. The minimum absolute atomic E-state index is 0.567. The Labute approximate surface area is 55.8 Å². The molecule has 1 unspecified atom stereocenters. The van der Waals surface area contributed by atoms with Gasteiger partial charge in [0.05, 0.1) is 9.47 Å². The van der Waals surface area contributed by atoms with Crippen LogP contribution in [0.1, 0.15) is 0 Å². The number of carbonyl (C=O) groups is 1. The van der Waals surface area contributed by atoms with Crippen LogP contribution in [-0.2, 0) is 24.5 Å². The summed E-state index contributed by atoms with van der Waals surface area (Å²) in [5.41, 5.74) is 0. The fourth-order valence-corrected chi connectivity index (χ4v) is 0.418. The minimum atomic E-state index is -2.95. The van der Waals surface area contributed by atoms with E-state index in [9.17, 15) is 13.2 Å². The molecule has 0 bridgehead atoms. The van der Waals surface area contributed by atoms with Gasteiger partial charge in [-0.25, -0.2) is 13.2 Å². The van der Waals surface area contributed by atoms with E-state index in [-0.39, 0.29) is 0 Å². The van der Waals surface area contributed by atoms with Gasteiger partial charge >= 0.3 is 5.97 Å². The molecule has 7 heteroatoms. The van der Waals surface area contributed by atoms with Gasteiger partial charge < -0.3 is 4.52 Å². The van der Waals surface area contributed by atoms with Crippen molar-refractivity contribution >= 4 is 26.4 Å². The van der Waals surface area contributed by atoms with E-state index in [1.54, 1.807) is 9.47 Å². The number of thiol groups is 1. The first-order chi connectivity index (χ1) is 4.16. The molecule has 0 fully saturated rings. The van der Waals surface area contributed by atoms with Crippen LogP contribution in [0.2, 0.25) is 0 Å². The van der Waals surface area contributed by atoms with Gasteiger partial charge in [0.25, 0.3) is 11.0 Å². The molecular formula is C2H5O5PS. The van der Waals surface area contributed by atoms with Crippen LogP contribution in [0.15, 0.2) is 0 Å². The smallest absolute Gasteiger partial charge is 0.335 e. The largest absolute Gasteiger partial charge is 0.450 e. The maximum atomic E-state index is 10.1. The van der Waals surface area contributed by atoms with Crippen LogP contribution in [0.25, 0.3) is 0 Å². The average Bonchev–Trinajstić information content (AvgIpc) is 1.83. The van der Waals surface area contributed by atoms with Crippen LogP contribution < -0.4 is 0 Å². The van der Waals surface area contributed by atoms with Gasteiger partial charge in [0.2, 0.25) is 0 Å². The Morgan fingerprint density at radius 3 is 2.44 bits per heavy atom. The summed E-state index contributed by atoms with van der Waals surface area (Å²) in [6.07, 6.45) is 0. The van der Waals surface area contributed by atoms with Crippen LogP contribution in [0.5, 0.6) is 0 Å².